The number of para-hydroxylation sites is 2. The number of carbonyl (C=O) groups is 1. The van der Waals surface area contributed by atoms with E-state index in [4.69, 9.17) is 9.15 Å². The van der Waals surface area contributed by atoms with Crippen LogP contribution < -0.4 is 5.43 Å². The molecule has 0 spiro atoms. The molecule has 0 aliphatic heterocycles. The van der Waals surface area contributed by atoms with Crippen molar-refractivity contribution in [2.75, 3.05) is 12.5 Å². The van der Waals surface area contributed by atoms with Crippen LogP contribution in [0.25, 0.3) is 22.4 Å². The van der Waals surface area contributed by atoms with E-state index in [-0.39, 0.29) is 5.97 Å². The van der Waals surface area contributed by atoms with Crippen LogP contribution in [0.1, 0.15) is 16.1 Å². The highest BCUT2D eigenvalue weighted by Crippen LogP contribution is 2.22. The second-order valence-electron chi connectivity index (χ2n) is 5.74. The molecule has 0 radical (unpaired) electrons. The van der Waals surface area contributed by atoms with Gasteiger partial charge in [0.2, 0.25) is 5.95 Å². The first-order valence-electron chi connectivity index (χ1n) is 8.25. The number of nitrogens with zero attached hydrogens (tertiary/aromatic N) is 2. The van der Waals surface area contributed by atoms with Crippen LogP contribution in [-0.4, -0.2) is 29.3 Å². The smallest absolute Gasteiger partial charge is 0.337 e. The van der Waals surface area contributed by atoms with Crippen molar-refractivity contribution in [1.29, 1.82) is 0 Å². The molecule has 2 N–H and O–H groups in total. The summed E-state index contributed by atoms with van der Waals surface area (Å²) in [5.41, 5.74) is 6.00. The van der Waals surface area contributed by atoms with Crippen molar-refractivity contribution in [3.63, 3.8) is 0 Å². The average molecular weight is 360 g/mol. The summed E-state index contributed by atoms with van der Waals surface area (Å²) in [6.45, 7) is 0. The molecule has 134 valence electrons. The maximum atomic E-state index is 11.5. The molecular formula is C20H16N4O3. The molecule has 0 aliphatic carbocycles. The number of rotatable bonds is 5. The third-order valence-corrected chi connectivity index (χ3v) is 3.97. The number of aromatic amines is 1. The van der Waals surface area contributed by atoms with Gasteiger partial charge < -0.3 is 14.1 Å². The first-order valence-corrected chi connectivity index (χ1v) is 8.25. The highest BCUT2D eigenvalue weighted by molar-refractivity contribution is 5.90. The number of nitrogens with one attached hydrogen (secondary N) is 2. The molecule has 4 aromatic rings. The number of hydrogen-bond donors (Lipinski definition) is 2. The number of fused-ring (bicyclic) bond motifs is 1. The van der Waals surface area contributed by atoms with Gasteiger partial charge in [0.15, 0.2) is 0 Å². The van der Waals surface area contributed by atoms with E-state index in [1.165, 1.54) is 7.11 Å². The number of H-pyrrole nitrogens is 1. The third-order valence-electron chi connectivity index (χ3n) is 3.97. The van der Waals surface area contributed by atoms with E-state index in [1.807, 2.05) is 36.4 Å². The maximum absolute atomic E-state index is 11.5. The van der Waals surface area contributed by atoms with Gasteiger partial charge in [0.05, 0.1) is 29.9 Å². The molecule has 0 saturated heterocycles. The number of methoxy groups -OCH3 is 1. The fourth-order valence-electron chi connectivity index (χ4n) is 2.63. The minimum Gasteiger partial charge on any atom is -0.465 e. The number of imidazole rings is 1. The molecule has 7 heteroatoms. The van der Waals surface area contributed by atoms with Gasteiger partial charge in [0, 0.05) is 5.56 Å². The lowest BCUT2D eigenvalue weighted by Crippen LogP contribution is -2.00. The fraction of sp³-hybridized carbons (Fsp3) is 0.0500. The second kappa shape index (κ2) is 7.17. The van der Waals surface area contributed by atoms with Gasteiger partial charge in [-0.3, -0.25) is 0 Å². The Morgan fingerprint density at radius 1 is 1.15 bits per heavy atom. The van der Waals surface area contributed by atoms with E-state index in [0.29, 0.717) is 23.0 Å². The molecule has 0 aliphatic rings. The zero-order chi connectivity index (χ0) is 18.6. The third kappa shape index (κ3) is 3.57. The van der Waals surface area contributed by atoms with Gasteiger partial charge in [0.1, 0.15) is 11.5 Å². The Hall–Kier alpha value is -3.87. The van der Waals surface area contributed by atoms with Gasteiger partial charge in [-0.1, -0.05) is 24.3 Å². The van der Waals surface area contributed by atoms with Crippen LogP contribution in [0.5, 0.6) is 0 Å². The molecule has 27 heavy (non-hydrogen) atoms. The fourth-order valence-corrected chi connectivity index (χ4v) is 2.63. The maximum Gasteiger partial charge on any atom is 0.337 e. The molecule has 2 aromatic heterocycles. The van der Waals surface area contributed by atoms with Crippen LogP contribution in [0, 0.1) is 0 Å². The first-order chi connectivity index (χ1) is 13.2. The van der Waals surface area contributed by atoms with Crippen LogP contribution in [0.15, 0.2) is 70.2 Å². The zero-order valence-corrected chi connectivity index (χ0v) is 14.5. The monoisotopic (exact) mass is 360 g/mol. The number of hydrogen-bond acceptors (Lipinski definition) is 6. The number of ether oxygens (including phenoxy) is 1. The van der Waals surface area contributed by atoms with E-state index in [9.17, 15) is 4.79 Å². The second-order valence-corrected chi connectivity index (χ2v) is 5.74. The molecule has 7 nitrogen and oxygen atoms in total. The number of benzene rings is 2. The Balaban J connectivity index is 1.44. The Labute approximate surface area is 154 Å². The Morgan fingerprint density at radius 2 is 1.96 bits per heavy atom. The molecule has 0 amide bonds. The lowest BCUT2D eigenvalue weighted by atomic mass is 10.1. The molecule has 4 rings (SSSR count). The number of aromatic nitrogens is 2. The molecule has 0 saturated carbocycles. The predicted octanol–water partition coefficient (Wildman–Crippen LogP) is 4.06. The number of anilines is 1. The van der Waals surface area contributed by atoms with Gasteiger partial charge in [-0.2, -0.15) is 5.10 Å². The van der Waals surface area contributed by atoms with Crippen molar-refractivity contribution < 1.29 is 13.9 Å². The molecule has 0 unspecified atom stereocenters. The van der Waals surface area contributed by atoms with Gasteiger partial charge >= 0.3 is 5.97 Å². The minimum absolute atomic E-state index is 0.370. The molecule has 2 aromatic carbocycles. The first kappa shape index (κ1) is 16.6. The summed E-state index contributed by atoms with van der Waals surface area (Å²) in [6.07, 6.45) is 1.57. The number of furan rings is 1. The average Bonchev–Trinajstić information content (AvgIpc) is 3.34. The van der Waals surface area contributed by atoms with E-state index in [2.05, 4.69) is 20.5 Å². The quantitative estimate of drug-likeness (QED) is 0.318. The van der Waals surface area contributed by atoms with Crippen molar-refractivity contribution in [1.82, 2.24) is 9.97 Å². The van der Waals surface area contributed by atoms with Crippen LogP contribution in [0.4, 0.5) is 5.95 Å². The van der Waals surface area contributed by atoms with Crippen molar-refractivity contribution in [2.45, 2.75) is 0 Å². The van der Waals surface area contributed by atoms with E-state index in [1.54, 1.807) is 30.5 Å². The molecule has 0 bridgehead atoms. The summed E-state index contributed by atoms with van der Waals surface area (Å²) in [5, 5.41) is 4.14. The highest BCUT2D eigenvalue weighted by Gasteiger charge is 2.07. The summed E-state index contributed by atoms with van der Waals surface area (Å²) < 4.78 is 10.4. The SMILES string of the molecule is COC(=O)c1ccc(-c2ccc(C=NNc3nc4ccccc4[nH]3)o2)cc1. The lowest BCUT2D eigenvalue weighted by Gasteiger charge is -2.00. The predicted molar refractivity (Wildman–Crippen MR) is 103 cm³/mol. The van der Waals surface area contributed by atoms with Gasteiger partial charge in [-0.15, -0.1) is 0 Å². The lowest BCUT2D eigenvalue weighted by molar-refractivity contribution is 0.0600. The van der Waals surface area contributed by atoms with Crippen LogP contribution in [0.3, 0.4) is 0 Å². The number of carbonyl (C=O) groups excluding carboxylic acids is 1. The standard InChI is InChI=1S/C20H16N4O3/c1-26-19(25)14-8-6-13(7-9-14)18-11-10-15(27-18)12-21-24-20-22-16-4-2-3-5-17(16)23-20/h2-12H,1H3,(H2,22,23,24). The largest absolute Gasteiger partial charge is 0.465 e. The van der Waals surface area contributed by atoms with Crippen LogP contribution >= 0.6 is 0 Å². The van der Waals surface area contributed by atoms with Gasteiger partial charge in [0.25, 0.3) is 0 Å². The molecule has 0 fully saturated rings. The van der Waals surface area contributed by atoms with E-state index >= 15 is 0 Å². The molecule has 2 heterocycles. The van der Waals surface area contributed by atoms with Crippen molar-refractivity contribution in [2.24, 2.45) is 5.10 Å². The van der Waals surface area contributed by atoms with E-state index < -0.39 is 0 Å². The van der Waals surface area contributed by atoms with E-state index in [0.717, 1.165) is 16.6 Å². The number of hydrazone groups is 1. The normalized spacial score (nSPS) is 11.1. The van der Waals surface area contributed by atoms with Crippen molar-refractivity contribution >= 4 is 29.2 Å². The molecular weight excluding hydrogens is 344 g/mol. The zero-order valence-electron chi connectivity index (χ0n) is 14.5. The summed E-state index contributed by atoms with van der Waals surface area (Å²) in [4.78, 5) is 19.0. The summed E-state index contributed by atoms with van der Waals surface area (Å²) in [5.74, 6) is 1.45. The van der Waals surface area contributed by atoms with Crippen molar-refractivity contribution in [3.05, 3.63) is 72.0 Å². The Morgan fingerprint density at radius 3 is 2.74 bits per heavy atom. The topological polar surface area (TPSA) is 92.5 Å². The summed E-state index contributed by atoms with van der Waals surface area (Å²) >= 11 is 0. The number of esters is 1. The van der Waals surface area contributed by atoms with Gasteiger partial charge in [-0.25, -0.2) is 15.2 Å². The van der Waals surface area contributed by atoms with Crippen LogP contribution in [-0.2, 0) is 4.74 Å². The van der Waals surface area contributed by atoms with Crippen molar-refractivity contribution in [3.8, 4) is 11.3 Å². The highest BCUT2D eigenvalue weighted by atomic mass is 16.5. The van der Waals surface area contributed by atoms with Crippen LogP contribution in [0.2, 0.25) is 0 Å². The Kier molecular flexibility index (Phi) is 4.40. The summed E-state index contributed by atoms with van der Waals surface area (Å²) in [6, 6.07) is 18.4. The minimum atomic E-state index is -0.370. The Bertz CT molecular complexity index is 1080. The summed E-state index contributed by atoms with van der Waals surface area (Å²) in [7, 11) is 1.35. The van der Waals surface area contributed by atoms with Gasteiger partial charge in [-0.05, 0) is 36.4 Å². The molecule has 0 atom stereocenters.